The first-order chi connectivity index (χ1) is 51.8. The van der Waals surface area contributed by atoms with Crippen molar-refractivity contribution >= 4 is 120 Å². The maximum Gasteiger partial charge on any atom is 0.345 e. The Kier molecular flexibility index (Phi) is 31.4. The minimum Gasteiger partial charge on any atom is -0.497 e. The van der Waals surface area contributed by atoms with Gasteiger partial charge < -0.3 is 71.8 Å². The Balaban J connectivity index is 0.000000229. The number of fused-ring (bicyclic) bond motifs is 3. The van der Waals surface area contributed by atoms with E-state index in [1.165, 1.54) is 4.57 Å². The summed E-state index contributed by atoms with van der Waals surface area (Å²) in [6, 6.07) is 38.1. The number of amides is 3. The fraction of sp³-hybridized carbons (Fsp3) is 0.393. The van der Waals surface area contributed by atoms with Crippen LogP contribution in [0.3, 0.4) is 0 Å². The van der Waals surface area contributed by atoms with Crippen molar-refractivity contribution in [3.63, 3.8) is 0 Å². The number of aryl methyl sites for hydroxylation is 3. The molecule has 0 aliphatic carbocycles. The summed E-state index contributed by atoms with van der Waals surface area (Å²) in [5.74, 6) is -1.46. The molecule has 0 radical (unpaired) electrons. The van der Waals surface area contributed by atoms with Crippen LogP contribution in [0.5, 0.6) is 5.75 Å². The fourth-order valence-corrected chi connectivity index (χ4v) is 14.1. The highest BCUT2D eigenvalue weighted by Gasteiger charge is 2.35. The largest absolute Gasteiger partial charge is 0.497 e. The Labute approximate surface area is 664 Å². The molecule has 27 heteroatoms. The molecule has 3 aromatic heterocycles. The third-order valence-corrected chi connectivity index (χ3v) is 20.3. The second kappa shape index (κ2) is 39.6. The van der Waals surface area contributed by atoms with E-state index in [1.54, 1.807) is 125 Å². The van der Waals surface area contributed by atoms with Gasteiger partial charge in [0.1, 0.15) is 22.4 Å². The molecule has 0 unspecified atom stereocenters. The molecular formula is C84H104Cl3N11O13. The van der Waals surface area contributed by atoms with Crippen LogP contribution in [-0.2, 0) is 34.3 Å². The van der Waals surface area contributed by atoms with Crippen molar-refractivity contribution in [1.82, 2.24) is 38.2 Å². The second-order valence-corrected chi connectivity index (χ2v) is 28.2. The number of carbonyl (C=O) groups is 6. The molecule has 0 bridgehead atoms. The summed E-state index contributed by atoms with van der Waals surface area (Å²) in [5.41, 5.74) is 6.69. The van der Waals surface area contributed by atoms with Gasteiger partial charge in [0.15, 0.2) is 0 Å². The van der Waals surface area contributed by atoms with Crippen LogP contribution >= 0.6 is 34.8 Å². The van der Waals surface area contributed by atoms with Crippen molar-refractivity contribution in [2.45, 2.75) is 70.0 Å². The van der Waals surface area contributed by atoms with Gasteiger partial charge in [0.05, 0.1) is 70.6 Å². The van der Waals surface area contributed by atoms with E-state index in [0.29, 0.717) is 159 Å². The molecule has 0 atom stereocenters. The summed E-state index contributed by atoms with van der Waals surface area (Å²) >= 11 is 18.0. The van der Waals surface area contributed by atoms with Crippen LogP contribution in [0.1, 0.15) is 116 Å². The fourth-order valence-electron chi connectivity index (χ4n) is 13.7. The molecule has 9 aromatic rings. The number of ether oxygens (including phenoxy) is 4. The van der Waals surface area contributed by atoms with E-state index in [9.17, 15) is 43.2 Å². The lowest BCUT2D eigenvalue weighted by molar-refractivity contribution is 0.0514. The van der Waals surface area contributed by atoms with E-state index in [4.69, 9.17) is 53.8 Å². The molecule has 3 saturated heterocycles. The van der Waals surface area contributed by atoms with E-state index in [-0.39, 0.29) is 93.2 Å². The van der Waals surface area contributed by atoms with Crippen LogP contribution in [0.15, 0.2) is 142 Å². The van der Waals surface area contributed by atoms with Crippen LogP contribution in [-0.4, -0.2) is 221 Å². The smallest absolute Gasteiger partial charge is 0.345 e. The highest BCUT2D eigenvalue weighted by atomic mass is 35.5. The van der Waals surface area contributed by atoms with Gasteiger partial charge in [-0.2, -0.15) is 0 Å². The molecule has 24 nitrogen and oxygen atoms in total. The van der Waals surface area contributed by atoms with E-state index in [2.05, 4.69) is 0 Å². The summed E-state index contributed by atoms with van der Waals surface area (Å²) in [6.45, 7) is 17.3. The number of hydrogen-bond donors (Lipinski definition) is 0. The molecule has 0 saturated carbocycles. The summed E-state index contributed by atoms with van der Waals surface area (Å²) in [5, 5.41) is 3.75. The molecule has 111 heavy (non-hydrogen) atoms. The maximum atomic E-state index is 13.8. The monoisotopic (exact) mass is 1580 g/mol. The predicted molar refractivity (Wildman–Crippen MR) is 446 cm³/mol. The van der Waals surface area contributed by atoms with Crippen molar-refractivity contribution in [3.8, 4) is 5.75 Å². The first-order valence-electron chi connectivity index (χ1n) is 36.0. The number of methoxy groups -OCH3 is 1. The molecule has 0 spiro atoms. The van der Waals surface area contributed by atoms with Crippen molar-refractivity contribution < 1.29 is 47.7 Å². The van der Waals surface area contributed by atoms with Gasteiger partial charge in [0, 0.05) is 150 Å². The number of anilines is 3. The molecule has 0 N–H and O–H groups in total. The molecule has 594 valence electrons. The minimum atomic E-state index is -0.638. The number of esters is 3. The molecule has 6 heterocycles. The Morgan fingerprint density at radius 2 is 0.775 bits per heavy atom. The molecule has 3 fully saturated rings. The SMILES string of the molecule is C.C.C.CCOC(=O)c1c(N2CCN(C(=O)c3ccc(Cl)c(Cl)c3)CC2)c2ccccc2n(CCN(C)C)c1=O.CCOC(=O)c1c(N2CCN(C(=O)c3ccc(Cl)cc3)CC2)c2cc(C)ccc2n(C)c1=O.CCOC(=O)c1c(N2CCN(C(=O)c3ccc(OC)cc3)CC2)c2cc(C)ccc2n(CCN(C)C)c1=O. The zero-order valence-corrected chi connectivity index (χ0v) is 65.2. The lowest BCUT2D eigenvalue weighted by Crippen LogP contribution is -2.49. The van der Waals surface area contributed by atoms with E-state index < -0.39 is 17.9 Å². The molecular weight excluding hydrogens is 1480 g/mol. The van der Waals surface area contributed by atoms with Crippen molar-refractivity contribution in [2.75, 3.05) is 161 Å². The van der Waals surface area contributed by atoms with E-state index in [1.807, 2.05) is 127 Å². The van der Waals surface area contributed by atoms with Crippen molar-refractivity contribution in [3.05, 3.63) is 218 Å². The lowest BCUT2D eigenvalue weighted by atomic mass is 10.0. The highest BCUT2D eigenvalue weighted by Crippen LogP contribution is 2.36. The number of pyridine rings is 3. The minimum absolute atomic E-state index is 0. The molecule has 12 rings (SSSR count). The Bertz CT molecular complexity index is 5020. The van der Waals surface area contributed by atoms with Crippen LogP contribution in [0.2, 0.25) is 15.1 Å². The lowest BCUT2D eigenvalue weighted by Gasteiger charge is -2.37. The summed E-state index contributed by atoms with van der Waals surface area (Å²) in [6.07, 6.45) is 0. The number of halogens is 3. The number of benzene rings is 6. The topological polar surface area (TPSA) is 231 Å². The van der Waals surface area contributed by atoms with Gasteiger partial charge >= 0.3 is 17.9 Å². The molecule has 3 aliphatic heterocycles. The first-order valence-corrected chi connectivity index (χ1v) is 37.2. The zero-order valence-electron chi connectivity index (χ0n) is 62.9. The summed E-state index contributed by atoms with van der Waals surface area (Å²) < 4.78 is 26.0. The van der Waals surface area contributed by atoms with Crippen molar-refractivity contribution in [1.29, 1.82) is 0 Å². The van der Waals surface area contributed by atoms with Crippen LogP contribution in [0.4, 0.5) is 17.1 Å². The average Bonchev–Trinajstić information content (AvgIpc) is 0.752. The predicted octanol–water partition coefficient (Wildman–Crippen LogP) is 12.6. The number of aromatic nitrogens is 3. The second-order valence-electron chi connectivity index (χ2n) is 27.0. The Hall–Kier alpha value is -10.2. The number of para-hydroxylation sites is 1. The number of carbonyl (C=O) groups excluding carboxylic acids is 6. The number of rotatable bonds is 19. The Morgan fingerprint density at radius 3 is 1.18 bits per heavy atom. The van der Waals surface area contributed by atoms with Crippen LogP contribution in [0.25, 0.3) is 32.7 Å². The number of nitrogens with zero attached hydrogens (tertiary/aromatic N) is 11. The van der Waals surface area contributed by atoms with Gasteiger partial charge in [-0.05, 0) is 160 Å². The number of piperazine rings is 3. The standard InChI is InChI=1S/C29H36N4O5.C27H30Cl2N4O4.C25H26ClN3O4.3CH4/c1-6-38-29(36)25-26(23-19-20(2)7-12-24(23)33(28(25)35)18-13-30(3)4)31-14-16-32(17-15-31)27(34)21-8-10-22(37-5)11-9-21;1-4-37-27(36)23-24(19-7-5-6-8-22(19)33(26(23)35)16-11-30(2)3)31-12-14-32(15-13-31)25(34)18-9-10-20(28)21(29)17-18;1-4-33-25(32)21-22(19-15-16(2)5-10-20(19)27(3)24(21)31)28-11-13-29(14-12-28)23(30)17-6-8-18(26)9-7-17;;;/h7-12,19H,6,13-18H2,1-5H3;5-10,17H,4,11-16H2,1-3H3;5-10,15H,4,11-14H2,1-3H3;3*1H4. The molecule has 3 amide bonds. The third-order valence-electron chi connectivity index (χ3n) is 19.3. The van der Waals surface area contributed by atoms with E-state index >= 15 is 0 Å². The van der Waals surface area contributed by atoms with Gasteiger partial charge in [-0.1, -0.05) is 98.5 Å². The van der Waals surface area contributed by atoms with Crippen LogP contribution in [0, 0.1) is 13.8 Å². The quantitative estimate of drug-likeness (QED) is 0.0541. The maximum absolute atomic E-state index is 13.8. The molecule has 3 aliphatic rings. The highest BCUT2D eigenvalue weighted by molar-refractivity contribution is 6.42. The normalized spacial score (nSPS) is 13.5. The van der Waals surface area contributed by atoms with Gasteiger partial charge in [0.25, 0.3) is 34.4 Å². The summed E-state index contributed by atoms with van der Waals surface area (Å²) in [4.78, 5) is 134. The van der Waals surface area contributed by atoms with Crippen LogP contribution < -0.4 is 36.1 Å². The molecule has 6 aromatic carbocycles. The van der Waals surface area contributed by atoms with Crippen molar-refractivity contribution in [2.24, 2.45) is 7.05 Å². The number of hydrogen-bond acceptors (Lipinski definition) is 18. The van der Waals surface area contributed by atoms with Gasteiger partial charge in [0.2, 0.25) is 0 Å². The van der Waals surface area contributed by atoms with Gasteiger partial charge in [-0.25, -0.2) is 14.4 Å². The summed E-state index contributed by atoms with van der Waals surface area (Å²) in [7, 11) is 11.0. The third kappa shape index (κ3) is 19.9. The first kappa shape index (κ1) is 88.0. The van der Waals surface area contributed by atoms with E-state index in [0.717, 1.165) is 43.8 Å². The average molecular weight is 1580 g/mol. The van der Waals surface area contributed by atoms with Gasteiger partial charge in [-0.15, -0.1) is 0 Å². The van der Waals surface area contributed by atoms with Gasteiger partial charge in [-0.3, -0.25) is 28.8 Å². The Morgan fingerprint density at radius 1 is 0.414 bits per heavy atom. The number of likely N-dealkylation sites (N-methyl/N-ethyl adjacent to an activating group) is 2. The zero-order chi connectivity index (χ0) is 77.8.